The molecule has 60 heavy (non-hydrogen) atoms. The van der Waals surface area contributed by atoms with E-state index in [1.807, 2.05) is 55.5 Å². The average molecular weight is 850 g/mol. The molecule has 0 aliphatic carbocycles. The molecule has 5 atom stereocenters. The fourth-order valence-electron chi connectivity index (χ4n) is 7.90. The van der Waals surface area contributed by atoms with Crippen LogP contribution in [0.3, 0.4) is 0 Å². The van der Waals surface area contributed by atoms with E-state index in [0.717, 1.165) is 43.6 Å². The molecule has 2 fully saturated rings. The molecule has 3 aromatic carbocycles. The first-order chi connectivity index (χ1) is 29.0. The monoisotopic (exact) mass is 849 g/mol. The fourth-order valence-corrected chi connectivity index (χ4v) is 7.99. The molecule has 0 radical (unpaired) electrons. The number of hydrogen-bond donors (Lipinski definition) is 2. The molecule has 1 N–H and O–H groups in total. The Hall–Kier alpha value is -5.46. The Kier molecular flexibility index (Phi) is 13.4. The van der Waals surface area contributed by atoms with Gasteiger partial charge in [0.15, 0.2) is 0 Å². The third-order valence-corrected chi connectivity index (χ3v) is 11.3. The summed E-state index contributed by atoms with van der Waals surface area (Å²) < 4.78 is 58.2. The lowest BCUT2D eigenvalue weighted by Gasteiger charge is -2.37. The Morgan fingerprint density at radius 1 is 1.00 bits per heavy atom. The highest BCUT2D eigenvalue weighted by atomic mass is 32.1. The van der Waals surface area contributed by atoms with E-state index in [1.54, 1.807) is 29.4 Å². The maximum atomic E-state index is 15.4. The van der Waals surface area contributed by atoms with Crippen LogP contribution < -0.4 is 24.8 Å². The predicted octanol–water partition coefficient (Wildman–Crippen LogP) is 5.07. The molecular weight excluding hydrogens is 799 g/mol. The molecule has 2 saturated heterocycles. The molecule has 0 saturated carbocycles. The van der Waals surface area contributed by atoms with Crippen molar-refractivity contribution in [2.75, 3.05) is 61.6 Å². The summed E-state index contributed by atoms with van der Waals surface area (Å²) in [5.41, 5.74) is 1.63. The summed E-state index contributed by atoms with van der Waals surface area (Å²) in [6.45, 7) is 9.34. The normalized spacial score (nSPS) is 19.6. The van der Waals surface area contributed by atoms with Crippen LogP contribution in [0.15, 0.2) is 90.5 Å². The van der Waals surface area contributed by atoms with Gasteiger partial charge in [0.05, 0.1) is 31.0 Å². The van der Waals surface area contributed by atoms with E-state index >= 15 is 4.39 Å². The Bertz CT molecular complexity index is 2260. The highest BCUT2D eigenvalue weighted by molar-refractivity contribution is 7.80. The van der Waals surface area contributed by atoms with Gasteiger partial charge >= 0.3 is 11.8 Å². The summed E-state index contributed by atoms with van der Waals surface area (Å²) in [6, 6.07) is 18.9. The topological polar surface area (TPSA) is 142 Å². The molecule has 0 bridgehead atoms. The van der Waals surface area contributed by atoms with E-state index in [0.29, 0.717) is 36.6 Å². The molecule has 2 aliphatic rings. The molecule has 15 nitrogen and oxygen atoms in total. The molecular formula is C42H51F2N8O7S+. The van der Waals surface area contributed by atoms with Crippen molar-refractivity contribution in [1.82, 2.24) is 24.1 Å². The second-order valence-corrected chi connectivity index (χ2v) is 15.6. The number of anilines is 2. The Labute approximate surface area is 352 Å². The number of nitrogens with zero attached hydrogens (tertiary/aromatic N) is 8. The minimum Gasteiger partial charge on any atom is -0.493 e. The third-order valence-electron chi connectivity index (χ3n) is 11.1. The lowest BCUT2D eigenvalue weighted by molar-refractivity contribution is -0.754. The second-order valence-electron chi connectivity index (χ2n) is 15.2. The van der Waals surface area contributed by atoms with E-state index < -0.39 is 35.7 Å². The first-order valence-electron chi connectivity index (χ1n) is 20.1. The number of ether oxygens (including phenoxy) is 4. The van der Waals surface area contributed by atoms with Crippen molar-refractivity contribution >= 4 is 30.2 Å². The minimum atomic E-state index is -1.17. The Morgan fingerprint density at radius 3 is 2.30 bits per heavy atom. The molecule has 1 unspecified atom stereocenters. The zero-order chi connectivity index (χ0) is 42.4. The van der Waals surface area contributed by atoms with Gasteiger partial charge in [0.2, 0.25) is 12.6 Å². The fraction of sp³-hybridized carbons (Fsp3) is 0.452. The first kappa shape index (κ1) is 42.7. The molecule has 320 valence electrons. The molecule has 0 amide bonds. The third kappa shape index (κ3) is 9.61. The Balaban J connectivity index is 0.929. The quantitative estimate of drug-likeness (QED) is 0.0782. The van der Waals surface area contributed by atoms with Crippen molar-refractivity contribution < 1.29 is 42.2 Å². The van der Waals surface area contributed by atoms with Crippen LogP contribution >= 0.6 is 12.6 Å². The van der Waals surface area contributed by atoms with Crippen LogP contribution in [-0.4, -0.2) is 93.2 Å². The second kappa shape index (κ2) is 18.9. The van der Waals surface area contributed by atoms with E-state index in [2.05, 4.69) is 32.6 Å². The molecule has 2 aromatic heterocycles. The summed E-state index contributed by atoms with van der Waals surface area (Å²) in [5.74, 6) is -0.452. The van der Waals surface area contributed by atoms with Crippen molar-refractivity contribution in [3.05, 3.63) is 113 Å². The molecule has 18 heteroatoms. The van der Waals surface area contributed by atoms with Crippen LogP contribution in [0.5, 0.6) is 5.75 Å². The number of thiol groups is 1. The predicted molar refractivity (Wildman–Crippen MR) is 221 cm³/mol. The maximum Gasteiger partial charge on any atom is 0.511 e. The van der Waals surface area contributed by atoms with Gasteiger partial charge in [-0.05, 0) is 74.4 Å². The Morgan fingerprint density at radius 2 is 1.67 bits per heavy atom. The van der Waals surface area contributed by atoms with Gasteiger partial charge in [0.25, 0.3) is 6.33 Å². The minimum absolute atomic E-state index is 0.107. The summed E-state index contributed by atoms with van der Waals surface area (Å²) >= 11 is 4.02. The molecule has 0 spiro atoms. The summed E-state index contributed by atoms with van der Waals surface area (Å²) in [5, 5.41) is 18.7. The number of aliphatic hydroxyl groups is 1. The molecule has 5 aromatic rings. The summed E-state index contributed by atoms with van der Waals surface area (Å²) in [6.07, 6.45) is 3.32. The van der Waals surface area contributed by atoms with Crippen molar-refractivity contribution in [2.45, 2.75) is 64.1 Å². The number of piperazine rings is 1. The smallest absolute Gasteiger partial charge is 0.493 e. The van der Waals surface area contributed by atoms with Crippen molar-refractivity contribution in [1.29, 1.82) is 0 Å². The van der Waals surface area contributed by atoms with Crippen molar-refractivity contribution in [3.63, 3.8) is 0 Å². The van der Waals surface area contributed by atoms with Crippen LogP contribution in [0.4, 0.5) is 25.0 Å². The van der Waals surface area contributed by atoms with E-state index in [4.69, 9.17) is 18.9 Å². The van der Waals surface area contributed by atoms with Crippen LogP contribution in [0.25, 0.3) is 5.69 Å². The number of aromatic nitrogens is 6. The van der Waals surface area contributed by atoms with E-state index in [9.17, 15) is 19.1 Å². The highest BCUT2D eigenvalue weighted by Gasteiger charge is 2.46. The van der Waals surface area contributed by atoms with Crippen LogP contribution in [-0.2, 0) is 26.4 Å². The largest absolute Gasteiger partial charge is 0.511 e. The molecule has 7 rings (SSSR count). The van der Waals surface area contributed by atoms with Gasteiger partial charge in [0.1, 0.15) is 42.5 Å². The molecule has 4 heterocycles. The van der Waals surface area contributed by atoms with Gasteiger partial charge in [-0.1, -0.05) is 13.0 Å². The standard InChI is InChI=1S/C42H50F2N8O7S/c1-4-39(29(2)53)52-40(54)51(27-46-52)35-8-6-33(7-9-35)47-15-17-48(18-16-47)34-10-12-36(13-11-34)57-23-31-22-42(58-24-31,37-14-5-32(43)21-38(37)44)25-50-28-49(26-45-50)30(3)59-41(55)56-19-20-60/h5-14,21,26-31,39,53H,4,15-20,22-25H2,1-3H3/p+1/t29-,30?,31+,39-,42-/m0/s1. The summed E-state index contributed by atoms with van der Waals surface area (Å²) in [4.78, 5) is 29.6. The number of aliphatic hydroxyl groups excluding tert-OH is 1. The van der Waals surface area contributed by atoms with E-state index in [-0.39, 0.29) is 43.0 Å². The van der Waals surface area contributed by atoms with Crippen LogP contribution in [0, 0.1) is 17.6 Å². The number of hydrogen-bond acceptors (Lipinski definition) is 12. The van der Waals surface area contributed by atoms with Gasteiger partial charge in [0, 0.05) is 72.9 Å². The lowest BCUT2D eigenvalue weighted by atomic mass is 9.87. The van der Waals surface area contributed by atoms with Crippen LogP contribution in [0.2, 0.25) is 0 Å². The first-order valence-corrected chi connectivity index (χ1v) is 20.7. The SMILES string of the molecule is CC[C@@H]([C@H](C)O)n1ncn(-c2ccc(N3CCN(c4ccc(OC[C@@H]5CO[C@@](Cn6c[n+](C(C)OC(=O)OCCS)cn6)(c6ccc(F)cc6F)C5)cc4)CC3)cc2)c1=O. The zero-order valence-electron chi connectivity index (χ0n) is 33.8. The zero-order valence-corrected chi connectivity index (χ0v) is 34.7. The number of benzene rings is 3. The number of carbonyl (C=O) groups excluding carboxylic acids is 1. The van der Waals surface area contributed by atoms with Gasteiger partial charge in [-0.15, -0.1) is 4.68 Å². The van der Waals surface area contributed by atoms with Crippen molar-refractivity contribution in [2.24, 2.45) is 5.92 Å². The maximum absolute atomic E-state index is 15.4. The van der Waals surface area contributed by atoms with Gasteiger partial charge in [-0.2, -0.15) is 22.3 Å². The highest BCUT2D eigenvalue weighted by Crippen LogP contribution is 2.42. The molecule has 2 aliphatic heterocycles. The average Bonchev–Trinajstić information content (AvgIpc) is 3.99. The number of carbonyl (C=O) groups is 1. The van der Waals surface area contributed by atoms with E-state index in [1.165, 1.54) is 34.0 Å². The lowest BCUT2D eigenvalue weighted by Crippen LogP contribution is -2.46. The summed E-state index contributed by atoms with van der Waals surface area (Å²) in [7, 11) is 0. The number of rotatable bonds is 16. The van der Waals surface area contributed by atoms with Gasteiger partial charge in [-0.25, -0.2) is 27.6 Å². The van der Waals surface area contributed by atoms with Gasteiger partial charge < -0.3 is 33.9 Å². The van der Waals surface area contributed by atoms with Crippen molar-refractivity contribution in [3.8, 4) is 11.4 Å². The van der Waals surface area contributed by atoms with Gasteiger partial charge in [-0.3, -0.25) is 0 Å². The van der Waals surface area contributed by atoms with Crippen LogP contribution in [0.1, 0.15) is 51.4 Å². The number of halogens is 2.